The zero-order valence-electron chi connectivity index (χ0n) is 26.5. The minimum atomic E-state index is -1.25. The van der Waals surface area contributed by atoms with Crippen molar-refractivity contribution in [1.82, 2.24) is 0 Å². The monoisotopic (exact) mass is 552 g/mol. The van der Waals surface area contributed by atoms with Gasteiger partial charge in [-0.05, 0) is 94.2 Å². The standard InChI is InChI=1S/C33H54O5.Na/c1-22(2)12-9-13-23(3)14-10-15-24(4)16-11-20-33(8)21-19-28-27(7)31(25(5)26(6)32(28)38-33)37-30(36)18-17-29(34)35;/h22-24H,9-21H2,1-8H3,(H,34,35);/q;+1/p-1. The average Bonchev–Trinajstić information content (AvgIpc) is 2.83. The van der Waals surface area contributed by atoms with E-state index in [2.05, 4.69) is 34.6 Å². The van der Waals surface area contributed by atoms with Crippen LogP contribution in [0.25, 0.3) is 0 Å². The number of carboxylic acids is 1. The average molecular weight is 553 g/mol. The Labute approximate surface area is 260 Å². The Bertz CT molecular complexity index is 941. The molecule has 2 rings (SSSR count). The van der Waals surface area contributed by atoms with Gasteiger partial charge in [-0.25, -0.2) is 0 Å². The first-order valence-corrected chi connectivity index (χ1v) is 15.0. The maximum absolute atomic E-state index is 12.2. The van der Waals surface area contributed by atoms with Crippen LogP contribution in [0.3, 0.4) is 0 Å². The van der Waals surface area contributed by atoms with Crippen molar-refractivity contribution in [2.45, 2.75) is 144 Å². The molecule has 0 saturated carbocycles. The predicted octanol–water partition coefficient (Wildman–Crippen LogP) is 4.57. The molecule has 0 aromatic heterocycles. The normalized spacial score (nSPS) is 18.1. The molecule has 5 nitrogen and oxygen atoms in total. The van der Waals surface area contributed by atoms with E-state index in [4.69, 9.17) is 9.47 Å². The van der Waals surface area contributed by atoms with Crippen LogP contribution >= 0.6 is 0 Å². The summed E-state index contributed by atoms with van der Waals surface area (Å²) in [6, 6.07) is 0. The van der Waals surface area contributed by atoms with E-state index in [0.717, 1.165) is 65.0 Å². The second kappa shape index (κ2) is 17.0. The first-order chi connectivity index (χ1) is 17.8. The van der Waals surface area contributed by atoms with Crippen molar-refractivity contribution in [3.05, 3.63) is 22.3 Å². The zero-order chi connectivity index (χ0) is 28.5. The van der Waals surface area contributed by atoms with Gasteiger partial charge >= 0.3 is 35.5 Å². The Kier molecular flexibility index (Phi) is 15.7. The second-order valence-electron chi connectivity index (χ2n) is 12.8. The van der Waals surface area contributed by atoms with Gasteiger partial charge < -0.3 is 19.4 Å². The maximum atomic E-state index is 12.2. The number of ether oxygens (including phenoxy) is 2. The molecule has 0 N–H and O–H groups in total. The SMILES string of the molecule is Cc1c(C)c2c(c(C)c1OC(=O)CCC(=O)[O-])CCC(C)(CCCC(C)CCCC(C)CCCC(C)C)O2.[Na+]. The molecule has 0 saturated heterocycles. The van der Waals surface area contributed by atoms with E-state index in [1.807, 2.05) is 20.8 Å². The van der Waals surface area contributed by atoms with Gasteiger partial charge in [-0.1, -0.05) is 72.6 Å². The van der Waals surface area contributed by atoms with Crippen molar-refractivity contribution in [2.24, 2.45) is 17.8 Å². The number of rotatable bonds is 16. The predicted molar refractivity (Wildman–Crippen MR) is 153 cm³/mol. The molecule has 39 heavy (non-hydrogen) atoms. The van der Waals surface area contributed by atoms with Crippen molar-refractivity contribution in [1.29, 1.82) is 0 Å². The molecular weight excluding hydrogens is 499 g/mol. The van der Waals surface area contributed by atoms with Crippen LogP contribution in [0.4, 0.5) is 0 Å². The molecule has 3 unspecified atom stereocenters. The Morgan fingerprint density at radius 1 is 0.872 bits per heavy atom. The molecular formula is C33H53NaO5. The third-order valence-corrected chi connectivity index (χ3v) is 8.59. The van der Waals surface area contributed by atoms with Crippen molar-refractivity contribution in [3.8, 4) is 11.5 Å². The van der Waals surface area contributed by atoms with Crippen molar-refractivity contribution in [3.63, 3.8) is 0 Å². The molecule has 0 bridgehead atoms. The van der Waals surface area contributed by atoms with Crippen LogP contribution in [-0.4, -0.2) is 17.5 Å². The van der Waals surface area contributed by atoms with Gasteiger partial charge in [0.05, 0.1) is 6.42 Å². The third kappa shape index (κ3) is 11.8. The Balaban J connectivity index is 0.00000760. The first kappa shape index (κ1) is 36.0. The molecule has 0 aliphatic carbocycles. The largest absolute Gasteiger partial charge is 1.00 e. The van der Waals surface area contributed by atoms with Crippen LogP contribution in [-0.2, 0) is 16.0 Å². The molecule has 6 heteroatoms. The van der Waals surface area contributed by atoms with E-state index in [1.165, 1.54) is 51.4 Å². The van der Waals surface area contributed by atoms with Crippen molar-refractivity contribution in [2.75, 3.05) is 0 Å². The van der Waals surface area contributed by atoms with Crippen molar-refractivity contribution < 1.29 is 53.7 Å². The summed E-state index contributed by atoms with van der Waals surface area (Å²) in [7, 11) is 0. The fourth-order valence-electron chi connectivity index (χ4n) is 5.78. The van der Waals surface area contributed by atoms with E-state index in [9.17, 15) is 14.7 Å². The topological polar surface area (TPSA) is 75.7 Å². The number of esters is 1. The van der Waals surface area contributed by atoms with Crippen LogP contribution in [0.1, 0.15) is 134 Å². The van der Waals surface area contributed by atoms with Gasteiger partial charge in [0.25, 0.3) is 0 Å². The van der Waals surface area contributed by atoms with E-state index >= 15 is 0 Å². The van der Waals surface area contributed by atoms with E-state index in [1.54, 1.807) is 0 Å². The van der Waals surface area contributed by atoms with Crippen LogP contribution < -0.4 is 44.1 Å². The molecule has 0 radical (unpaired) electrons. The van der Waals surface area contributed by atoms with Gasteiger partial charge in [0.15, 0.2) is 0 Å². The first-order valence-electron chi connectivity index (χ1n) is 15.0. The van der Waals surface area contributed by atoms with Gasteiger partial charge in [0.2, 0.25) is 0 Å². The number of aliphatic carboxylic acids is 1. The molecule has 3 atom stereocenters. The van der Waals surface area contributed by atoms with E-state index in [0.29, 0.717) is 5.75 Å². The summed E-state index contributed by atoms with van der Waals surface area (Å²) in [5.74, 6) is 2.09. The van der Waals surface area contributed by atoms with E-state index < -0.39 is 11.9 Å². The van der Waals surface area contributed by atoms with Crippen LogP contribution in [0.15, 0.2) is 0 Å². The maximum Gasteiger partial charge on any atom is 1.00 e. The summed E-state index contributed by atoms with van der Waals surface area (Å²) in [6.45, 7) is 17.6. The minimum absolute atomic E-state index is 0. The Morgan fingerprint density at radius 2 is 1.44 bits per heavy atom. The van der Waals surface area contributed by atoms with Crippen LogP contribution in [0.2, 0.25) is 0 Å². The summed E-state index contributed by atoms with van der Waals surface area (Å²) in [4.78, 5) is 22.9. The second-order valence-corrected chi connectivity index (χ2v) is 12.8. The van der Waals surface area contributed by atoms with Crippen LogP contribution in [0.5, 0.6) is 11.5 Å². The molecule has 0 spiro atoms. The number of hydrogen-bond acceptors (Lipinski definition) is 5. The van der Waals surface area contributed by atoms with E-state index in [-0.39, 0.29) is 48.0 Å². The summed E-state index contributed by atoms with van der Waals surface area (Å²) in [6.07, 6.45) is 12.8. The summed E-state index contributed by atoms with van der Waals surface area (Å²) >= 11 is 0. The molecule has 1 aromatic rings. The molecule has 1 aliphatic heterocycles. The quantitative estimate of drug-likeness (QED) is 0.171. The number of carbonyl (C=O) groups excluding carboxylic acids is 2. The number of hydrogen-bond donors (Lipinski definition) is 0. The fraction of sp³-hybridized carbons (Fsp3) is 0.758. The van der Waals surface area contributed by atoms with Gasteiger partial charge in [-0.3, -0.25) is 4.79 Å². The summed E-state index contributed by atoms with van der Waals surface area (Å²) in [5.41, 5.74) is 3.70. The summed E-state index contributed by atoms with van der Waals surface area (Å²) < 4.78 is 12.3. The fourth-order valence-corrected chi connectivity index (χ4v) is 5.78. The molecule has 0 fully saturated rings. The van der Waals surface area contributed by atoms with Crippen LogP contribution in [0, 0.1) is 38.5 Å². The molecule has 1 heterocycles. The van der Waals surface area contributed by atoms with Gasteiger partial charge in [0, 0.05) is 11.5 Å². The zero-order valence-corrected chi connectivity index (χ0v) is 28.5. The number of benzene rings is 1. The Hall–Kier alpha value is -1.04. The molecule has 0 amide bonds. The molecule has 1 aromatic carbocycles. The number of fused-ring (bicyclic) bond motifs is 1. The number of carboxylic acid groups (broad SMARTS) is 1. The molecule has 216 valence electrons. The summed E-state index contributed by atoms with van der Waals surface area (Å²) in [5, 5.41) is 10.7. The van der Waals surface area contributed by atoms with Gasteiger partial charge in [-0.15, -0.1) is 0 Å². The molecule has 1 aliphatic rings. The third-order valence-electron chi connectivity index (χ3n) is 8.59. The smallest absolute Gasteiger partial charge is 0.550 e. The number of carbonyl (C=O) groups is 2. The minimum Gasteiger partial charge on any atom is -0.550 e. The van der Waals surface area contributed by atoms with Gasteiger partial charge in [0.1, 0.15) is 17.1 Å². The van der Waals surface area contributed by atoms with Crippen molar-refractivity contribution >= 4 is 11.9 Å². The van der Waals surface area contributed by atoms with Gasteiger partial charge in [-0.2, -0.15) is 0 Å². The Morgan fingerprint density at radius 3 is 2.00 bits per heavy atom.